The van der Waals surface area contributed by atoms with E-state index in [9.17, 15) is 14.2 Å². The predicted octanol–water partition coefficient (Wildman–Crippen LogP) is 0.101. The molecule has 9 nitrogen and oxygen atoms in total. The van der Waals surface area contributed by atoms with Crippen LogP contribution in [0.1, 0.15) is 5.56 Å². The highest BCUT2D eigenvalue weighted by atomic mass is 31.3. The Labute approximate surface area is 114 Å². The maximum absolute atomic E-state index is 11.2. The SMILES string of the molecule is NC(Cc1ccccc1)C(O)OP(=O)(O)OP(=O)(O)O. The molecule has 0 radical (unpaired) electrons. The van der Waals surface area contributed by atoms with Crippen LogP contribution in [0.3, 0.4) is 0 Å². The summed E-state index contributed by atoms with van der Waals surface area (Å²) in [6.45, 7) is 0. The van der Waals surface area contributed by atoms with Crippen LogP contribution in [0.4, 0.5) is 0 Å². The summed E-state index contributed by atoms with van der Waals surface area (Å²) in [7, 11) is -10.4. The molecular weight excluding hydrogens is 312 g/mol. The maximum Gasteiger partial charge on any atom is 0.483 e. The Balaban J connectivity index is 2.59. The summed E-state index contributed by atoms with van der Waals surface area (Å²) >= 11 is 0. The molecular formula is C9H15NO8P2. The van der Waals surface area contributed by atoms with Gasteiger partial charge in [-0.2, -0.15) is 4.31 Å². The van der Waals surface area contributed by atoms with Crippen molar-refractivity contribution < 1.29 is 37.8 Å². The predicted molar refractivity (Wildman–Crippen MR) is 68.2 cm³/mol. The molecule has 0 aliphatic carbocycles. The molecule has 0 amide bonds. The first-order valence-electron chi connectivity index (χ1n) is 5.35. The molecule has 0 bridgehead atoms. The molecule has 0 saturated heterocycles. The number of phosphoric ester groups is 1. The van der Waals surface area contributed by atoms with E-state index in [4.69, 9.17) is 20.4 Å². The van der Waals surface area contributed by atoms with Crippen LogP contribution in [-0.2, 0) is 24.4 Å². The van der Waals surface area contributed by atoms with Crippen molar-refractivity contribution in [2.45, 2.75) is 18.8 Å². The third kappa shape index (κ3) is 6.71. The maximum atomic E-state index is 11.2. The van der Waals surface area contributed by atoms with Crippen molar-refractivity contribution >= 4 is 15.6 Å². The molecule has 0 aliphatic rings. The zero-order valence-corrected chi connectivity index (χ0v) is 11.9. The highest BCUT2D eigenvalue weighted by Gasteiger charge is 2.36. The van der Waals surface area contributed by atoms with Gasteiger partial charge in [-0.3, -0.25) is 4.52 Å². The largest absolute Gasteiger partial charge is 0.483 e. The summed E-state index contributed by atoms with van der Waals surface area (Å²) in [4.78, 5) is 25.8. The van der Waals surface area contributed by atoms with Crippen LogP contribution in [0.5, 0.6) is 0 Å². The van der Waals surface area contributed by atoms with Crippen LogP contribution < -0.4 is 5.73 Å². The first kappa shape index (κ1) is 17.5. The van der Waals surface area contributed by atoms with Gasteiger partial charge in [-0.25, -0.2) is 9.13 Å². The minimum atomic E-state index is -5.23. The smallest absolute Gasteiger partial charge is 0.366 e. The van der Waals surface area contributed by atoms with Crippen molar-refractivity contribution in [2.24, 2.45) is 5.73 Å². The van der Waals surface area contributed by atoms with E-state index in [-0.39, 0.29) is 6.42 Å². The van der Waals surface area contributed by atoms with E-state index in [1.54, 1.807) is 30.3 Å². The van der Waals surface area contributed by atoms with Gasteiger partial charge in [0.05, 0.1) is 6.04 Å². The minimum Gasteiger partial charge on any atom is -0.366 e. The third-order valence-corrected chi connectivity index (χ3v) is 4.29. The van der Waals surface area contributed by atoms with E-state index in [0.717, 1.165) is 5.56 Å². The van der Waals surface area contributed by atoms with Crippen molar-refractivity contribution in [3.8, 4) is 0 Å². The van der Waals surface area contributed by atoms with Gasteiger partial charge in [0.1, 0.15) is 0 Å². The second-order valence-corrected chi connectivity index (χ2v) is 6.67. The fourth-order valence-electron chi connectivity index (χ4n) is 1.36. The van der Waals surface area contributed by atoms with Gasteiger partial charge in [0.15, 0.2) is 6.29 Å². The quantitative estimate of drug-likeness (QED) is 0.345. The number of nitrogens with two attached hydrogens (primary N) is 1. The van der Waals surface area contributed by atoms with Gasteiger partial charge in [-0.15, -0.1) is 0 Å². The normalized spacial score (nSPS) is 18.2. The Hall–Kier alpha value is -0.600. The van der Waals surface area contributed by atoms with E-state index in [1.165, 1.54) is 0 Å². The molecule has 114 valence electrons. The van der Waals surface area contributed by atoms with E-state index < -0.39 is 28.0 Å². The Kier molecular flexibility index (Phi) is 6.03. The molecule has 0 heterocycles. The van der Waals surface area contributed by atoms with Crippen molar-refractivity contribution in [1.82, 2.24) is 0 Å². The highest BCUT2D eigenvalue weighted by molar-refractivity contribution is 7.60. The average molecular weight is 327 g/mol. The Morgan fingerprint density at radius 1 is 1.15 bits per heavy atom. The van der Waals surface area contributed by atoms with E-state index in [0.29, 0.717) is 0 Å². The number of hydrogen-bond donors (Lipinski definition) is 5. The Morgan fingerprint density at radius 2 is 1.70 bits per heavy atom. The van der Waals surface area contributed by atoms with Gasteiger partial charge in [0.25, 0.3) is 0 Å². The summed E-state index contributed by atoms with van der Waals surface area (Å²) in [5, 5.41) is 9.50. The van der Waals surface area contributed by atoms with Crippen molar-refractivity contribution in [1.29, 1.82) is 0 Å². The summed E-state index contributed by atoms with van der Waals surface area (Å²) in [6, 6.07) is 7.61. The molecule has 0 spiro atoms. The number of phosphoric acid groups is 2. The lowest BCUT2D eigenvalue weighted by Crippen LogP contribution is -2.38. The molecule has 3 unspecified atom stereocenters. The third-order valence-electron chi connectivity index (χ3n) is 2.13. The first-order chi connectivity index (χ1) is 9.09. The topological polar surface area (TPSA) is 160 Å². The van der Waals surface area contributed by atoms with E-state index >= 15 is 0 Å². The molecule has 3 atom stereocenters. The van der Waals surface area contributed by atoms with E-state index in [1.807, 2.05) is 0 Å². The van der Waals surface area contributed by atoms with Crippen LogP contribution in [0.25, 0.3) is 0 Å². The lowest BCUT2D eigenvalue weighted by atomic mass is 10.1. The molecule has 1 aromatic rings. The van der Waals surface area contributed by atoms with Gasteiger partial charge in [-0.1, -0.05) is 30.3 Å². The standard InChI is InChI=1S/C9H15NO8P2/c10-8(6-7-4-2-1-3-5-7)9(11)17-20(15,16)18-19(12,13)14/h1-5,8-9,11H,6,10H2,(H,15,16)(H2,12,13,14). The van der Waals surface area contributed by atoms with Crippen LogP contribution in [0.15, 0.2) is 30.3 Å². The second-order valence-electron chi connectivity index (χ2n) is 3.89. The number of aliphatic hydroxyl groups excluding tert-OH is 1. The van der Waals surface area contributed by atoms with Gasteiger partial charge in [0, 0.05) is 0 Å². The summed E-state index contributed by atoms with van der Waals surface area (Å²) in [5.74, 6) is 0. The van der Waals surface area contributed by atoms with Crippen LogP contribution in [0, 0.1) is 0 Å². The fourth-order valence-corrected chi connectivity index (χ4v) is 3.01. The first-order valence-corrected chi connectivity index (χ1v) is 8.37. The molecule has 20 heavy (non-hydrogen) atoms. The van der Waals surface area contributed by atoms with Crippen molar-refractivity contribution in [3.05, 3.63) is 35.9 Å². The molecule has 0 aliphatic heterocycles. The molecule has 0 saturated carbocycles. The van der Waals surface area contributed by atoms with Crippen molar-refractivity contribution in [3.63, 3.8) is 0 Å². The van der Waals surface area contributed by atoms with Crippen LogP contribution in [-0.4, -0.2) is 32.1 Å². The highest BCUT2D eigenvalue weighted by Crippen LogP contribution is 2.58. The summed E-state index contributed by atoms with van der Waals surface area (Å²) in [6.07, 6.45) is -1.81. The number of aliphatic hydroxyl groups is 1. The van der Waals surface area contributed by atoms with Crippen molar-refractivity contribution in [2.75, 3.05) is 0 Å². The Morgan fingerprint density at radius 3 is 2.20 bits per heavy atom. The molecule has 0 fully saturated rings. The van der Waals surface area contributed by atoms with Gasteiger partial charge < -0.3 is 25.5 Å². The summed E-state index contributed by atoms with van der Waals surface area (Å²) < 4.78 is 29.3. The molecule has 0 aromatic heterocycles. The van der Waals surface area contributed by atoms with Gasteiger partial charge in [0.2, 0.25) is 0 Å². The van der Waals surface area contributed by atoms with E-state index in [2.05, 4.69) is 8.83 Å². The lowest BCUT2D eigenvalue weighted by Gasteiger charge is -2.21. The molecule has 1 rings (SSSR count). The van der Waals surface area contributed by atoms with Crippen LogP contribution >= 0.6 is 15.6 Å². The van der Waals surface area contributed by atoms with Crippen LogP contribution in [0.2, 0.25) is 0 Å². The number of benzene rings is 1. The summed E-state index contributed by atoms with van der Waals surface area (Å²) in [5.41, 5.74) is 6.31. The molecule has 1 aromatic carbocycles. The molecule has 6 N–H and O–H groups in total. The fraction of sp³-hybridized carbons (Fsp3) is 0.333. The van der Waals surface area contributed by atoms with Gasteiger partial charge >= 0.3 is 15.6 Å². The van der Waals surface area contributed by atoms with Gasteiger partial charge in [-0.05, 0) is 12.0 Å². The monoisotopic (exact) mass is 327 g/mol. The zero-order valence-electron chi connectivity index (χ0n) is 10.1. The second kappa shape index (κ2) is 6.91. The average Bonchev–Trinajstić information content (AvgIpc) is 2.26. The zero-order chi connectivity index (χ0) is 15.4. The molecule has 11 heteroatoms. The number of rotatable bonds is 7. The minimum absolute atomic E-state index is 0.123. The Bertz CT molecular complexity index is 518. The number of hydrogen-bond acceptors (Lipinski definition) is 6. The lowest BCUT2D eigenvalue weighted by molar-refractivity contribution is -0.0526.